The van der Waals surface area contributed by atoms with Gasteiger partial charge in [0.2, 0.25) is 0 Å². The Hall–Kier alpha value is -2.36. The third-order valence-corrected chi connectivity index (χ3v) is 3.41. The van der Waals surface area contributed by atoms with Crippen LogP contribution >= 0.6 is 0 Å². The summed E-state index contributed by atoms with van der Waals surface area (Å²) in [6, 6.07) is 7.28. The number of carbonyl (C=O) groups excluding carboxylic acids is 1. The Bertz CT molecular complexity index is 650. The van der Waals surface area contributed by atoms with Crippen molar-refractivity contribution in [1.82, 2.24) is 4.98 Å². The van der Waals surface area contributed by atoms with Gasteiger partial charge in [-0.1, -0.05) is 0 Å². The van der Waals surface area contributed by atoms with Gasteiger partial charge in [0.25, 0.3) is 0 Å². The van der Waals surface area contributed by atoms with Crippen LogP contribution in [0.4, 0.5) is 0 Å². The minimum atomic E-state index is 0.354. The summed E-state index contributed by atoms with van der Waals surface area (Å²) in [5.41, 5.74) is 4.16. The molecule has 20 heavy (non-hydrogen) atoms. The summed E-state index contributed by atoms with van der Waals surface area (Å²) in [7, 11) is 3.22. The highest BCUT2D eigenvalue weighted by atomic mass is 16.5. The quantitative estimate of drug-likeness (QED) is 0.801. The molecule has 0 aliphatic heterocycles. The molecule has 2 aromatic rings. The Morgan fingerprint density at radius 1 is 1.05 bits per heavy atom. The van der Waals surface area contributed by atoms with Gasteiger partial charge >= 0.3 is 0 Å². The largest absolute Gasteiger partial charge is 0.497 e. The van der Waals surface area contributed by atoms with Gasteiger partial charge in [-0.25, -0.2) is 4.98 Å². The average molecular weight is 271 g/mol. The highest BCUT2D eigenvalue weighted by molar-refractivity contribution is 5.76. The van der Waals surface area contributed by atoms with Crippen LogP contribution in [0.3, 0.4) is 0 Å². The number of benzene rings is 1. The first kappa shape index (κ1) is 14.1. The normalized spacial score (nSPS) is 10.2. The molecule has 4 nitrogen and oxygen atoms in total. The number of pyridine rings is 1. The average Bonchev–Trinajstić information content (AvgIpc) is 2.49. The highest BCUT2D eigenvalue weighted by Gasteiger charge is 2.11. The number of aromatic nitrogens is 1. The van der Waals surface area contributed by atoms with E-state index in [4.69, 9.17) is 9.47 Å². The molecule has 0 aliphatic carbocycles. The minimum Gasteiger partial charge on any atom is -0.497 e. The van der Waals surface area contributed by atoms with Crippen molar-refractivity contribution in [3.63, 3.8) is 0 Å². The maximum atomic E-state index is 11.0. The summed E-state index contributed by atoms with van der Waals surface area (Å²) in [4.78, 5) is 15.3. The molecule has 0 atom stereocenters. The maximum Gasteiger partial charge on any atom is 0.168 e. The number of aldehydes is 1. The Kier molecular flexibility index (Phi) is 4.03. The smallest absolute Gasteiger partial charge is 0.168 e. The molecular formula is C16H17NO3. The van der Waals surface area contributed by atoms with Crippen LogP contribution in [0, 0.1) is 13.8 Å². The minimum absolute atomic E-state index is 0.354. The van der Waals surface area contributed by atoms with Crippen LogP contribution in [0.25, 0.3) is 11.3 Å². The third kappa shape index (κ3) is 2.50. The lowest BCUT2D eigenvalue weighted by Gasteiger charge is -2.13. The molecule has 0 bridgehead atoms. The van der Waals surface area contributed by atoms with Gasteiger partial charge in [-0.15, -0.1) is 0 Å². The van der Waals surface area contributed by atoms with Crippen LogP contribution in [0.5, 0.6) is 11.5 Å². The standard InChI is InChI=1S/C16H17NO3/c1-10-11(2)16(20-4)6-5-14(10)15-8-13(19-3)7-12(9-18)17-15/h5-9H,1-4H3. The first-order valence-electron chi connectivity index (χ1n) is 6.26. The van der Waals surface area contributed by atoms with Gasteiger partial charge in [-0.05, 0) is 37.1 Å². The predicted octanol–water partition coefficient (Wildman–Crippen LogP) is 3.20. The summed E-state index contributed by atoms with van der Waals surface area (Å²) in [5, 5.41) is 0. The van der Waals surface area contributed by atoms with E-state index in [0.717, 1.165) is 34.4 Å². The maximum absolute atomic E-state index is 11.0. The third-order valence-electron chi connectivity index (χ3n) is 3.41. The van der Waals surface area contributed by atoms with Crippen molar-refractivity contribution in [1.29, 1.82) is 0 Å². The van der Waals surface area contributed by atoms with Gasteiger partial charge in [0.05, 0.1) is 19.9 Å². The van der Waals surface area contributed by atoms with E-state index in [9.17, 15) is 4.79 Å². The van der Waals surface area contributed by atoms with Crippen LogP contribution in [-0.2, 0) is 0 Å². The number of rotatable bonds is 4. The second-order valence-electron chi connectivity index (χ2n) is 4.50. The molecule has 1 aromatic heterocycles. The van der Waals surface area contributed by atoms with E-state index in [1.165, 1.54) is 0 Å². The van der Waals surface area contributed by atoms with Crippen LogP contribution in [0.1, 0.15) is 21.6 Å². The van der Waals surface area contributed by atoms with Gasteiger partial charge in [0.15, 0.2) is 6.29 Å². The summed E-state index contributed by atoms with van der Waals surface area (Å²) in [6.45, 7) is 4.01. The number of hydrogen-bond acceptors (Lipinski definition) is 4. The number of hydrogen-bond donors (Lipinski definition) is 0. The van der Waals surface area contributed by atoms with Crippen molar-refractivity contribution in [2.75, 3.05) is 14.2 Å². The van der Waals surface area contributed by atoms with Crippen molar-refractivity contribution in [2.45, 2.75) is 13.8 Å². The number of carbonyl (C=O) groups is 1. The molecule has 2 rings (SSSR count). The molecule has 0 fully saturated rings. The van der Waals surface area contributed by atoms with E-state index in [1.807, 2.05) is 32.0 Å². The van der Waals surface area contributed by atoms with E-state index in [-0.39, 0.29) is 0 Å². The first-order chi connectivity index (χ1) is 9.60. The van der Waals surface area contributed by atoms with Gasteiger partial charge in [0, 0.05) is 17.7 Å². The zero-order valence-electron chi connectivity index (χ0n) is 12.1. The Labute approximate surface area is 118 Å². The molecule has 0 saturated heterocycles. The zero-order chi connectivity index (χ0) is 14.7. The van der Waals surface area contributed by atoms with Crippen molar-refractivity contribution < 1.29 is 14.3 Å². The van der Waals surface area contributed by atoms with Crippen molar-refractivity contribution in [2.24, 2.45) is 0 Å². The predicted molar refractivity (Wildman–Crippen MR) is 77.6 cm³/mol. The number of ether oxygens (including phenoxy) is 2. The fourth-order valence-electron chi connectivity index (χ4n) is 2.14. The zero-order valence-corrected chi connectivity index (χ0v) is 12.1. The second-order valence-corrected chi connectivity index (χ2v) is 4.50. The van der Waals surface area contributed by atoms with Gasteiger partial charge < -0.3 is 9.47 Å². The first-order valence-corrected chi connectivity index (χ1v) is 6.26. The molecule has 104 valence electrons. The van der Waals surface area contributed by atoms with E-state index in [0.29, 0.717) is 11.4 Å². The molecular weight excluding hydrogens is 254 g/mol. The van der Waals surface area contributed by atoms with Gasteiger partial charge in [0.1, 0.15) is 17.2 Å². The SMILES string of the molecule is COc1cc(C=O)nc(-c2ccc(OC)c(C)c2C)c1. The van der Waals surface area contributed by atoms with Crippen LogP contribution in [0.2, 0.25) is 0 Å². The second kappa shape index (κ2) is 5.74. The molecule has 0 N–H and O–H groups in total. The molecule has 4 heteroatoms. The lowest BCUT2D eigenvalue weighted by molar-refractivity contribution is 0.111. The van der Waals surface area contributed by atoms with Crippen LogP contribution in [-0.4, -0.2) is 25.5 Å². The lowest BCUT2D eigenvalue weighted by atomic mass is 9.99. The lowest BCUT2D eigenvalue weighted by Crippen LogP contribution is -1.97. The van der Waals surface area contributed by atoms with Gasteiger partial charge in [-0.3, -0.25) is 4.79 Å². The molecule has 0 amide bonds. The number of nitrogens with zero attached hydrogens (tertiary/aromatic N) is 1. The Balaban J connectivity index is 2.62. The van der Waals surface area contributed by atoms with Crippen molar-refractivity contribution >= 4 is 6.29 Å². The van der Waals surface area contributed by atoms with Gasteiger partial charge in [-0.2, -0.15) is 0 Å². The molecule has 0 radical (unpaired) electrons. The monoisotopic (exact) mass is 271 g/mol. The topological polar surface area (TPSA) is 48.4 Å². The molecule has 0 unspecified atom stereocenters. The molecule has 1 heterocycles. The Morgan fingerprint density at radius 2 is 1.80 bits per heavy atom. The van der Waals surface area contributed by atoms with E-state index in [2.05, 4.69) is 4.98 Å². The summed E-state index contributed by atoms with van der Waals surface area (Å²) >= 11 is 0. The summed E-state index contributed by atoms with van der Waals surface area (Å²) in [6.07, 6.45) is 0.720. The molecule has 0 aliphatic rings. The Morgan fingerprint density at radius 3 is 2.40 bits per heavy atom. The fraction of sp³-hybridized carbons (Fsp3) is 0.250. The fourth-order valence-corrected chi connectivity index (χ4v) is 2.14. The molecule has 0 spiro atoms. The van der Waals surface area contributed by atoms with E-state index in [1.54, 1.807) is 20.3 Å². The highest BCUT2D eigenvalue weighted by Crippen LogP contribution is 2.31. The van der Waals surface area contributed by atoms with Crippen LogP contribution < -0.4 is 9.47 Å². The van der Waals surface area contributed by atoms with E-state index >= 15 is 0 Å². The molecule has 0 saturated carbocycles. The van der Waals surface area contributed by atoms with Crippen LogP contribution in [0.15, 0.2) is 24.3 Å². The van der Waals surface area contributed by atoms with E-state index < -0.39 is 0 Å². The number of methoxy groups -OCH3 is 2. The van der Waals surface area contributed by atoms with Crippen molar-refractivity contribution in [3.05, 3.63) is 41.1 Å². The molecule has 1 aromatic carbocycles. The summed E-state index contributed by atoms with van der Waals surface area (Å²) in [5.74, 6) is 1.45. The summed E-state index contributed by atoms with van der Waals surface area (Å²) < 4.78 is 10.5. The van der Waals surface area contributed by atoms with Crippen molar-refractivity contribution in [3.8, 4) is 22.8 Å².